The van der Waals surface area contributed by atoms with Crippen molar-refractivity contribution >= 4 is 6.03 Å². The van der Waals surface area contributed by atoms with Gasteiger partial charge in [0, 0.05) is 12.1 Å². The number of urea groups is 1. The smallest absolute Gasteiger partial charge is 0.315 e. The van der Waals surface area contributed by atoms with Gasteiger partial charge in [0.2, 0.25) is 0 Å². The number of carbonyl (C=O) groups excluding carboxylic acids is 1. The number of hydrogen-bond donors (Lipinski definition) is 3. The second kappa shape index (κ2) is 8.80. The molecule has 0 aromatic heterocycles. The van der Waals surface area contributed by atoms with Gasteiger partial charge in [-0.3, -0.25) is 0 Å². The van der Waals surface area contributed by atoms with Crippen LogP contribution >= 0.6 is 0 Å². The number of carbonyl (C=O) groups is 1. The summed E-state index contributed by atoms with van der Waals surface area (Å²) in [6.45, 7) is 2.48. The van der Waals surface area contributed by atoms with Crippen LogP contribution in [0, 0.1) is 0 Å². The van der Waals surface area contributed by atoms with Crippen molar-refractivity contribution in [3.63, 3.8) is 0 Å². The molecule has 0 aliphatic rings. The summed E-state index contributed by atoms with van der Waals surface area (Å²) in [6.07, 6.45) is 0. The van der Waals surface area contributed by atoms with E-state index in [4.69, 9.17) is 9.84 Å². The second-order valence-corrected chi connectivity index (χ2v) is 5.14. The number of nitrogens with one attached hydrogen (secondary N) is 2. The normalized spacial score (nSPS) is 11.6. The molecule has 2 rings (SSSR count). The van der Waals surface area contributed by atoms with E-state index in [1.54, 1.807) is 0 Å². The highest BCUT2D eigenvalue weighted by atomic mass is 16.5. The number of aliphatic hydroxyl groups excluding tert-OH is 1. The van der Waals surface area contributed by atoms with Gasteiger partial charge in [-0.15, -0.1) is 0 Å². The fourth-order valence-electron chi connectivity index (χ4n) is 2.19. The van der Waals surface area contributed by atoms with Crippen LogP contribution in [0.15, 0.2) is 54.6 Å². The first kappa shape index (κ1) is 16.8. The van der Waals surface area contributed by atoms with Crippen LogP contribution in [0.3, 0.4) is 0 Å². The van der Waals surface area contributed by atoms with E-state index in [-0.39, 0.29) is 25.3 Å². The number of amides is 2. The van der Waals surface area contributed by atoms with Gasteiger partial charge in [-0.1, -0.05) is 48.5 Å². The Morgan fingerprint density at radius 1 is 1.13 bits per heavy atom. The van der Waals surface area contributed by atoms with E-state index in [0.29, 0.717) is 12.3 Å². The molecule has 0 radical (unpaired) electrons. The van der Waals surface area contributed by atoms with E-state index in [1.165, 1.54) is 0 Å². The second-order valence-electron chi connectivity index (χ2n) is 5.14. The van der Waals surface area contributed by atoms with E-state index >= 15 is 0 Å². The Morgan fingerprint density at radius 2 is 1.83 bits per heavy atom. The summed E-state index contributed by atoms with van der Waals surface area (Å²) >= 11 is 0. The number of para-hydroxylation sites is 1. The summed E-state index contributed by atoms with van der Waals surface area (Å²) < 4.78 is 5.45. The monoisotopic (exact) mass is 314 g/mol. The Kier molecular flexibility index (Phi) is 6.44. The Bertz CT molecular complexity index is 617. The van der Waals surface area contributed by atoms with Crippen LogP contribution in [-0.2, 0) is 6.54 Å². The van der Waals surface area contributed by atoms with E-state index < -0.39 is 0 Å². The highest BCUT2D eigenvalue weighted by Crippen LogP contribution is 2.17. The average Bonchev–Trinajstić information content (AvgIpc) is 2.59. The molecule has 5 heteroatoms. The van der Waals surface area contributed by atoms with Crippen LogP contribution in [-0.4, -0.2) is 24.4 Å². The lowest BCUT2D eigenvalue weighted by molar-refractivity contribution is 0.200. The minimum atomic E-state index is -0.238. The third-order valence-electron chi connectivity index (χ3n) is 3.41. The van der Waals surface area contributed by atoms with Crippen LogP contribution in [0.2, 0.25) is 0 Å². The Labute approximate surface area is 136 Å². The number of ether oxygens (including phenoxy) is 1. The van der Waals surface area contributed by atoms with Gasteiger partial charge < -0.3 is 20.5 Å². The maximum atomic E-state index is 12.0. The van der Waals surface area contributed by atoms with E-state index in [0.717, 1.165) is 11.1 Å². The summed E-state index contributed by atoms with van der Waals surface area (Å²) in [5, 5.41) is 14.6. The molecule has 0 fully saturated rings. The van der Waals surface area contributed by atoms with Crippen LogP contribution < -0.4 is 15.4 Å². The largest absolute Gasteiger partial charge is 0.491 e. The molecular formula is C18H22N2O3. The zero-order valence-electron chi connectivity index (χ0n) is 13.2. The summed E-state index contributed by atoms with van der Waals surface area (Å²) in [5.74, 6) is 0.665. The molecule has 3 N–H and O–H groups in total. The molecule has 1 atom stereocenters. The van der Waals surface area contributed by atoms with Gasteiger partial charge in [0.05, 0.1) is 12.6 Å². The molecule has 23 heavy (non-hydrogen) atoms. The fraction of sp³-hybridized carbons (Fsp3) is 0.278. The van der Waals surface area contributed by atoms with Crippen molar-refractivity contribution < 1.29 is 14.6 Å². The zero-order chi connectivity index (χ0) is 16.5. The fourth-order valence-corrected chi connectivity index (χ4v) is 2.19. The lowest BCUT2D eigenvalue weighted by atomic mass is 10.1. The number of hydrogen-bond acceptors (Lipinski definition) is 3. The van der Waals surface area contributed by atoms with Crippen LogP contribution in [0.4, 0.5) is 4.79 Å². The van der Waals surface area contributed by atoms with Gasteiger partial charge in [-0.25, -0.2) is 4.79 Å². The average molecular weight is 314 g/mol. The minimum Gasteiger partial charge on any atom is -0.491 e. The molecule has 0 unspecified atom stereocenters. The first-order valence-electron chi connectivity index (χ1n) is 7.61. The van der Waals surface area contributed by atoms with Gasteiger partial charge in [0.25, 0.3) is 0 Å². The third kappa shape index (κ3) is 5.30. The number of aliphatic hydroxyl groups is 1. The van der Waals surface area contributed by atoms with Crippen molar-refractivity contribution in [1.82, 2.24) is 10.6 Å². The van der Waals surface area contributed by atoms with Gasteiger partial charge in [-0.2, -0.15) is 0 Å². The van der Waals surface area contributed by atoms with E-state index in [2.05, 4.69) is 10.6 Å². The molecule has 0 aliphatic carbocycles. The number of benzene rings is 2. The molecule has 2 aromatic rings. The van der Waals surface area contributed by atoms with Crippen molar-refractivity contribution in [2.45, 2.75) is 19.5 Å². The molecule has 122 valence electrons. The maximum absolute atomic E-state index is 12.0. The van der Waals surface area contributed by atoms with Crippen molar-refractivity contribution in [2.24, 2.45) is 0 Å². The molecule has 0 aliphatic heterocycles. The molecule has 5 nitrogen and oxygen atoms in total. The van der Waals surface area contributed by atoms with Gasteiger partial charge in [0.1, 0.15) is 12.4 Å². The topological polar surface area (TPSA) is 70.6 Å². The summed E-state index contributed by atoms with van der Waals surface area (Å²) in [4.78, 5) is 12.0. The molecular weight excluding hydrogens is 292 g/mol. The Balaban J connectivity index is 1.87. The Hall–Kier alpha value is -2.53. The molecule has 0 spiro atoms. The molecule has 0 saturated heterocycles. The van der Waals surface area contributed by atoms with Crippen molar-refractivity contribution in [3.8, 4) is 5.75 Å². The lowest BCUT2D eigenvalue weighted by Gasteiger charge is -2.16. The lowest BCUT2D eigenvalue weighted by Crippen LogP contribution is -2.36. The highest BCUT2D eigenvalue weighted by molar-refractivity contribution is 5.74. The first-order chi connectivity index (χ1) is 11.2. The van der Waals surface area contributed by atoms with Crippen molar-refractivity contribution in [2.75, 3.05) is 13.2 Å². The summed E-state index contributed by atoms with van der Waals surface area (Å²) in [5.41, 5.74) is 1.91. The summed E-state index contributed by atoms with van der Waals surface area (Å²) in [7, 11) is 0. The van der Waals surface area contributed by atoms with Crippen molar-refractivity contribution in [3.05, 3.63) is 65.7 Å². The minimum absolute atomic E-state index is 0.0448. The third-order valence-corrected chi connectivity index (χ3v) is 3.41. The zero-order valence-corrected chi connectivity index (χ0v) is 13.2. The van der Waals surface area contributed by atoms with E-state index in [9.17, 15) is 4.79 Å². The predicted molar refractivity (Wildman–Crippen MR) is 89.3 cm³/mol. The molecule has 2 amide bonds. The van der Waals surface area contributed by atoms with Gasteiger partial charge >= 0.3 is 6.03 Å². The van der Waals surface area contributed by atoms with Crippen LogP contribution in [0.1, 0.15) is 24.1 Å². The quantitative estimate of drug-likeness (QED) is 0.736. The van der Waals surface area contributed by atoms with Crippen LogP contribution in [0.25, 0.3) is 0 Å². The highest BCUT2D eigenvalue weighted by Gasteiger charge is 2.10. The number of rotatable bonds is 7. The first-order valence-corrected chi connectivity index (χ1v) is 7.61. The molecule has 2 aromatic carbocycles. The maximum Gasteiger partial charge on any atom is 0.315 e. The summed E-state index contributed by atoms with van der Waals surface area (Å²) in [6, 6.07) is 16.9. The van der Waals surface area contributed by atoms with Crippen LogP contribution in [0.5, 0.6) is 5.75 Å². The van der Waals surface area contributed by atoms with E-state index in [1.807, 2.05) is 61.5 Å². The molecule has 0 bridgehead atoms. The predicted octanol–water partition coefficient (Wildman–Crippen LogP) is 2.62. The SMILES string of the molecule is C[C@@H](NC(=O)NCc1ccccc1OCCO)c1ccccc1. The molecule has 0 heterocycles. The van der Waals surface area contributed by atoms with Gasteiger partial charge in [0.15, 0.2) is 0 Å². The van der Waals surface area contributed by atoms with Gasteiger partial charge in [-0.05, 0) is 18.6 Å². The molecule has 0 saturated carbocycles. The van der Waals surface area contributed by atoms with Crippen molar-refractivity contribution in [1.29, 1.82) is 0 Å². The standard InChI is InChI=1S/C18H22N2O3/c1-14(15-7-3-2-4-8-15)20-18(22)19-13-16-9-5-6-10-17(16)23-12-11-21/h2-10,14,21H,11-13H2,1H3,(H2,19,20,22)/t14-/m1/s1. The Morgan fingerprint density at radius 3 is 2.57 bits per heavy atom.